The zero-order chi connectivity index (χ0) is 36.5. The highest BCUT2D eigenvalue weighted by atomic mass is 19.1. The molecule has 0 aliphatic carbocycles. The number of carboxylic acids is 4. The predicted octanol–water partition coefficient (Wildman–Crippen LogP) is 2.34. The molecule has 4 aromatic rings. The van der Waals surface area contributed by atoms with Gasteiger partial charge in [0.25, 0.3) is 5.91 Å². The van der Waals surface area contributed by atoms with Crippen LogP contribution in [0.5, 0.6) is 0 Å². The number of aliphatic carboxylic acids is 4. The number of fused-ring (bicyclic) bond motifs is 1. The molecule has 50 heavy (non-hydrogen) atoms. The molecule has 6 N–H and O–H groups in total. The van der Waals surface area contributed by atoms with Crippen LogP contribution in [0.3, 0.4) is 0 Å². The van der Waals surface area contributed by atoms with Gasteiger partial charge in [0.2, 0.25) is 5.95 Å². The minimum atomic E-state index is -1.26. The van der Waals surface area contributed by atoms with Gasteiger partial charge in [0.15, 0.2) is 5.65 Å². The summed E-state index contributed by atoms with van der Waals surface area (Å²) in [5.41, 5.74) is 2.97. The number of rotatable bonds is 12. The number of amides is 1. The van der Waals surface area contributed by atoms with Gasteiger partial charge in [0.05, 0.1) is 24.6 Å². The molecule has 1 saturated heterocycles. The van der Waals surface area contributed by atoms with E-state index in [9.17, 15) is 28.4 Å². The SMILES string of the molecule is O=C(NCCN1CCC(Nc2nc3cncnc3n2Cc2ccc(F)cc2)CC1)c1ccoc1.O=C(O)/C=C/C(=O)O.O=C(O)C=CC(=O)O. The third-order valence-electron chi connectivity index (χ3n) is 6.82. The summed E-state index contributed by atoms with van der Waals surface area (Å²) >= 11 is 0. The van der Waals surface area contributed by atoms with E-state index < -0.39 is 23.9 Å². The van der Waals surface area contributed by atoms with E-state index in [4.69, 9.17) is 29.8 Å². The summed E-state index contributed by atoms with van der Waals surface area (Å²) in [6.45, 7) is 3.78. The number of likely N-dealkylation sites (tertiary alicyclic amines) is 1. The van der Waals surface area contributed by atoms with Crippen molar-refractivity contribution in [2.24, 2.45) is 0 Å². The molecule has 0 bridgehead atoms. The fourth-order valence-electron chi connectivity index (χ4n) is 4.50. The lowest BCUT2D eigenvalue weighted by molar-refractivity contribution is -0.134. The van der Waals surface area contributed by atoms with E-state index in [0.717, 1.165) is 55.2 Å². The van der Waals surface area contributed by atoms with Gasteiger partial charge in [0, 0.05) is 56.5 Å². The smallest absolute Gasteiger partial charge is 0.328 e. The number of benzene rings is 1. The number of nitrogens with one attached hydrogen (secondary N) is 2. The average Bonchev–Trinajstić information content (AvgIpc) is 3.74. The van der Waals surface area contributed by atoms with Gasteiger partial charge in [-0.2, -0.15) is 0 Å². The molecule has 0 atom stereocenters. The molecule has 18 heteroatoms. The molecule has 0 saturated carbocycles. The standard InChI is InChI=1S/C24H26FN7O2.2C4H4O4/c25-19-3-1-17(2-4-19)14-32-22-21(13-26-16-28-22)30-24(32)29-20-5-9-31(10-6-20)11-8-27-23(33)18-7-12-34-15-18;2*5-3(6)1-2-4(7)8/h1-4,7,12-13,15-16,20H,5-6,8-11,14H2,(H,27,33)(H,29,30);2*1-2H,(H,5,6)(H,7,8)/b;2-1+;. The molecule has 0 unspecified atom stereocenters. The Labute approximate surface area is 283 Å². The van der Waals surface area contributed by atoms with E-state index in [0.29, 0.717) is 43.0 Å². The number of carboxylic acid groups (broad SMARTS) is 4. The molecule has 0 spiro atoms. The van der Waals surface area contributed by atoms with Crippen molar-refractivity contribution in [1.29, 1.82) is 0 Å². The monoisotopic (exact) mass is 695 g/mol. The summed E-state index contributed by atoms with van der Waals surface area (Å²) in [4.78, 5) is 65.8. The quantitative estimate of drug-likeness (QED) is 0.116. The molecule has 1 aromatic carbocycles. The molecule has 0 radical (unpaired) electrons. The summed E-state index contributed by atoms with van der Waals surface area (Å²) in [6, 6.07) is 8.40. The number of anilines is 1. The normalized spacial score (nSPS) is 13.2. The maximum absolute atomic E-state index is 13.3. The average molecular weight is 696 g/mol. The first-order valence-corrected chi connectivity index (χ1v) is 14.9. The Hall–Kier alpha value is -6.43. The molecule has 1 aliphatic rings. The van der Waals surface area contributed by atoms with Crippen LogP contribution in [0.15, 0.2) is 84.1 Å². The summed E-state index contributed by atoms with van der Waals surface area (Å²) in [5, 5.41) is 37.8. The third kappa shape index (κ3) is 13.4. The Kier molecular flexibility index (Phi) is 14.8. The molecule has 1 aliphatic heterocycles. The lowest BCUT2D eigenvalue weighted by atomic mass is 10.1. The molecule has 4 heterocycles. The summed E-state index contributed by atoms with van der Waals surface area (Å²) in [7, 11) is 0. The largest absolute Gasteiger partial charge is 0.478 e. The minimum absolute atomic E-state index is 0.117. The Balaban J connectivity index is 0.000000352. The van der Waals surface area contributed by atoms with Crippen molar-refractivity contribution in [3.8, 4) is 0 Å². The number of hydrogen-bond acceptors (Lipinski definition) is 11. The number of carbonyl (C=O) groups is 5. The first-order chi connectivity index (χ1) is 23.9. The highest BCUT2D eigenvalue weighted by Crippen LogP contribution is 2.22. The van der Waals surface area contributed by atoms with Crippen molar-refractivity contribution in [2.75, 3.05) is 31.5 Å². The topological polar surface area (TPSA) is 250 Å². The summed E-state index contributed by atoms with van der Waals surface area (Å²) in [5.74, 6) is -4.66. The van der Waals surface area contributed by atoms with Crippen LogP contribution in [-0.4, -0.2) is 107 Å². The second-order valence-corrected chi connectivity index (χ2v) is 10.4. The van der Waals surface area contributed by atoms with Crippen LogP contribution in [0.4, 0.5) is 10.3 Å². The summed E-state index contributed by atoms with van der Waals surface area (Å²) in [6.07, 6.45) is 10.3. The first kappa shape index (κ1) is 38.0. The number of hydrogen-bond donors (Lipinski definition) is 6. The molecular formula is C32H34FN7O10. The van der Waals surface area contributed by atoms with Crippen molar-refractivity contribution in [3.63, 3.8) is 0 Å². The third-order valence-corrected chi connectivity index (χ3v) is 6.82. The second-order valence-electron chi connectivity index (χ2n) is 10.4. The summed E-state index contributed by atoms with van der Waals surface area (Å²) < 4.78 is 20.3. The number of aromatic nitrogens is 4. The lowest BCUT2D eigenvalue weighted by Gasteiger charge is -2.32. The molecule has 17 nitrogen and oxygen atoms in total. The fraction of sp³-hybridized carbons (Fsp3) is 0.250. The fourth-order valence-corrected chi connectivity index (χ4v) is 4.50. The molecule has 264 valence electrons. The van der Waals surface area contributed by atoms with E-state index in [-0.39, 0.29) is 17.8 Å². The molecular weight excluding hydrogens is 661 g/mol. The van der Waals surface area contributed by atoms with Crippen LogP contribution in [0, 0.1) is 5.82 Å². The van der Waals surface area contributed by atoms with Crippen molar-refractivity contribution in [3.05, 3.63) is 96.6 Å². The molecule has 5 rings (SSSR count). The van der Waals surface area contributed by atoms with E-state index in [2.05, 4.69) is 25.5 Å². The minimum Gasteiger partial charge on any atom is -0.478 e. The van der Waals surface area contributed by atoms with Crippen LogP contribution >= 0.6 is 0 Å². The van der Waals surface area contributed by atoms with Crippen LogP contribution in [-0.2, 0) is 25.7 Å². The number of imidazole rings is 1. The highest BCUT2D eigenvalue weighted by Gasteiger charge is 2.22. The first-order valence-electron chi connectivity index (χ1n) is 14.9. The zero-order valence-electron chi connectivity index (χ0n) is 26.4. The van der Waals surface area contributed by atoms with Gasteiger partial charge in [-0.05, 0) is 36.6 Å². The Morgan fingerprint density at radius 1 is 0.900 bits per heavy atom. The molecule has 1 amide bonds. The molecule has 1 fully saturated rings. The van der Waals surface area contributed by atoms with Gasteiger partial charge in [-0.25, -0.2) is 38.5 Å². The zero-order valence-corrected chi connectivity index (χ0v) is 26.4. The van der Waals surface area contributed by atoms with E-state index in [1.165, 1.54) is 31.0 Å². The van der Waals surface area contributed by atoms with Crippen LogP contribution < -0.4 is 10.6 Å². The highest BCUT2D eigenvalue weighted by molar-refractivity contribution is 5.93. The van der Waals surface area contributed by atoms with Crippen molar-refractivity contribution in [2.45, 2.75) is 25.4 Å². The Morgan fingerprint density at radius 2 is 1.50 bits per heavy atom. The van der Waals surface area contributed by atoms with Crippen molar-refractivity contribution in [1.82, 2.24) is 29.7 Å². The number of nitrogens with zero attached hydrogens (tertiary/aromatic N) is 5. The van der Waals surface area contributed by atoms with Gasteiger partial charge >= 0.3 is 23.9 Å². The van der Waals surface area contributed by atoms with Gasteiger partial charge in [-0.15, -0.1) is 0 Å². The van der Waals surface area contributed by atoms with E-state index >= 15 is 0 Å². The van der Waals surface area contributed by atoms with Gasteiger partial charge < -0.3 is 40.4 Å². The Bertz CT molecular complexity index is 1730. The van der Waals surface area contributed by atoms with Crippen LogP contribution in [0.2, 0.25) is 0 Å². The molecule has 3 aromatic heterocycles. The maximum Gasteiger partial charge on any atom is 0.328 e. The predicted molar refractivity (Wildman–Crippen MR) is 174 cm³/mol. The van der Waals surface area contributed by atoms with Crippen molar-refractivity contribution >= 4 is 46.9 Å². The number of halogens is 1. The van der Waals surface area contributed by atoms with Gasteiger partial charge in [-0.1, -0.05) is 12.1 Å². The van der Waals surface area contributed by atoms with E-state index in [1.54, 1.807) is 24.4 Å². The van der Waals surface area contributed by atoms with Crippen LogP contribution in [0.25, 0.3) is 11.2 Å². The Morgan fingerprint density at radius 3 is 2.04 bits per heavy atom. The number of piperidine rings is 1. The van der Waals surface area contributed by atoms with E-state index in [1.807, 2.05) is 4.57 Å². The number of carbonyl (C=O) groups excluding carboxylic acids is 1. The van der Waals surface area contributed by atoms with Crippen molar-refractivity contribution < 1.29 is 53.2 Å². The lowest BCUT2D eigenvalue weighted by Crippen LogP contribution is -2.43. The second kappa shape index (κ2) is 19.4. The van der Waals surface area contributed by atoms with Gasteiger partial charge in [0.1, 0.15) is 23.9 Å². The maximum atomic E-state index is 13.3. The van der Waals surface area contributed by atoms with Crippen LogP contribution in [0.1, 0.15) is 28.8 Å². The van der Waals surface area contributed by atoms with Gasteiger partial charge in [-0.3, -0.25) is 9.36 Å². The number of furan rings is 1.